The maximum absolute atomic E-state index is 2.33. The van der Waals surface area contributed by atoms with Crippen LogP contribution in [0.25, 0.3) is 111 Å². The zero-order chi connectivity index (χ0) is 104. The first kappa shape index (κ1) is 102. The van der Waals surface area contributed by atoms with Crippen molar-refractivity contribution in [2.75, 3.05) is 0 Å². The standard InChI is InChI=1S/4C25H16.C19H16.3C7H8.5C2H6/c4*1-5-13-21-17(9-1)18-10-2-6-14-22(18)25(21)23-15-7-3-11-19(23)20-12-4-8-16-24(20)25;1-19(2)16-10-6-5-9-15(16)18-14-8-4-3-7-13(14)11-12-17(18)19;3*1-7-5-3-2-4-6-7;5*1-2/h4*1-16H;3-12H,1-2H3;3*2-6H,1H3;5*1-2H3. The maximum atomic E-state index is 2.33. The third kappa shape index (κ3) is 16.9. The summed E-state index contributed by atoms with van der Waals surface area (Å²) in [7, 11) is 0. The summed E-state index contributed by atoms with van der Waals surface area (Å²) in [6.45, 7) is 30.9. The molecule has 0 heterocycles. The normalized spacial score (nSPS) is 13.2. The number of rotatable bonds is 0. The molecule has 0 heteroatoms. The molecule has 0 aliphatic heterocycles. The molecular weight excluding hydrogens is 1800 g/mol. The summed E-state index contributed by atoms with van der Waals surface area (Å²) >= 11 is 0. The highest BCUT2D eigenvalue weighted by molar-refractivity contribution is 6.04. The van der Waals surface area contributed by atoms with Gasteiger partial charge in [-0.3, -0.25) is 0 Å². The Balaban J connectivity index is 0.000000110. The van der Waals surface area contributed by atoms with E-state index in [1.807, 2.05) is 124 Å². The monoisotopic (exact) mass is 1940 g/mol. The van der Waals surface area contributed by atoms with E-state index < -0.39 is 0 Å². The summed E-state index contributed by atoms with van der Waals surface area (Å²) in [6.07, 6.45) is 0. The van der Waals surface area contributed by atoms with Gasteiger partial charge in [-0.15, -0.1) is 0 Å². The van der Waals surface area contributed by atoms with Crippen LogP contribution < -0.4 is 0 Å². The van der Waals surface area contributed by atoms with Crippen LogP contribution in [-0.4, -0.2) is 0 Å². The molecule has 31 rings (SSSR count). The predicted octanol–water partition coefficient (Wildman–Crippen LogP) is 40.4. The molecule has 4 spiro atoms. The molecule has 22 aromatic carbocycles. The molecule has 9 aliphatic carbocycles. The van der Waals surface area contributed by atoms with Crippen LogP contribution in [-0.2, 0) is 27.1 Å². The molecule has 0 nitrogen and oxygen atoms in total. The van der Waals surface area contributed by atoms with Crippen LogP contribution in [0.15, 0.2) is 540 Å². The number of hydrogen-bond donors (Lipinski definition) is 0. The Morgan fingerprint density at radius 3 is 0.407 bits per heavy atom. The molecule has 734 valence electrons. The molecule has 0 unspecified atom stereocenters. The second-order valence-electron chi connectivity index (χ2n) is 38.6. The minimum absolute atomic E-state index is 0.107. The van der Waals surface area contributed by atoms with Gasteiger partial charge < -0.3 is 0 Å². The fourth-order valence-electron chi connectivity index (χ4n) is 25.3. The van der Waals surface area contributed by atoms with Crippen molar-refractivity contribution in [2.24, 2.45) is 0 Å². The topological polar surface area (TPSA) is 0 Å². The van der Waals surface area contributed by atoms with E-state index in [1.54, 1.807) is 0 Å². The van der Waals surface area contributed by atoms with Crippen LogP contribution in [0.3, 0.4) is 0 Å². The summed E-state index contributed by atoms with van der Waals surface area (Å²) in [6, 6.07) is 195. The van der Waals surface area contributed by atoms with Crippen LogP contribution in [0, 0.1) is 20.8 Å². The van der Waals surface area contributed by atoms with Gasteiger partial charge in [0.25, 0.3) is 0 Å². The Labute approximate surface area is 892 Å². The number of benzene rings is 22. The van der Waals surface area contributed by atoms with Gasteiger partial charge >= 0.3 is 0 Å². The van der Waals surface area contributed by atoms with Gasteiger partial charge in [0.05, 0.1) is 21.7 Å². The molecular formula is C150H134. The number of aryl methyl sites for hydroxylation is 3. The largest absolute Gasteiger partial charge is 0.0725 e. The smallest absolute Gasteiger partial charge is 0.0683 e. The van der Waals surface area contributed by atoms with Gasteiger partial charge in [-0.2, -0.15) is 0 Å². The highest BCUT2D eigenvalue weighted by atomic mass is 14.6. The minimum atomic E-state index is -0.180. The van der Waals surface area contributed by atoms with Crippen molar-refractivity contribution in [2.45, 2.75) is 131 Å². The lowest BCUT2D eigenvalue weighted by Gasteiger charge is -2.30. The number of hydrogen-bond acceptors (Lipinski definition) is 0. The molecule has 0 saturated heterocycles. The highest BCUT2D eigenvalue weighted by Crippen LogP contribution is 2.68. The Morgan fingerprint density at radius 2 is 0.247 bits per heavy atom. The molecule has 0 amide bonds. The van der Waals surface area contributed by atoms with Crippen LogP contribution in [0.2, 0.25) is 0 Å². The average Bonchev–Trinajstić information content (AvgIpc) is 1.53. The molecule has 0 saturated carbocycles. The summed E-state index contributed by atoms with van der Waals surface area (Å²) in [5.41, 5.74) is 53.5. The van der Waals surface area contributed by atoms with Crippen molar-refractivity contribution in [1.82, 2.24) is 0 Å². The van der Waals surface area contributed by atoms with E-state index in [0.717, 1.165) is 0 Å². The lowest BCUT2D eigenvalue weighted by atomic mass is 9.70. The van der Waals surface area contributed by atoms with E-state index in [9.17, 15) is 0 Å². The summed E-state index contributed by atoms with van der Waals surface area (Å²) in [5, 5.41) is 2.70. The van der Waals surface area contributed by atoms with Crippen molar-refractivity contribution in [3.8, 4) is 100 Å². The van der Waals surface area contributed by atoms with Crippen molar-refractivity contribution < 1.29 is 0 Å². The van der Waals surface area contributed by atoms with E-state index >= 15 is 0 Å². The van der Waals surface area contributed by atoms with Gasteiger partial charge in [-0.05, 0) is 232 Å². The lowest BCUT2D eigenvalue weighted by molar-refractivity contribution is 0.661. The number of fused-ring (bicyclic) bond motifs is 45. The minimum Gasteiger partial charge on any atom is -0.0683 e. The van der Waals surface area contributed by atoms with Gasteiger partial charge in [0.2, 0.25) is 0 Å². The highest BCUT2D eigenvalue weighted by Gasteiger charge is 2.56. The van der Waals surface area contributed by atoms with E-state index in [0.29, 0.717) is 0 Å². The second kappa shape index (κ2) is 44.8. The fraction of sp³-hybridized carbons (Fsp3) is 0.133. The molecule has 0 N–H and O–H groups in total. The maximum Gasteiger partial charge on any atom is 0.0725 e. The molecule has 0 fully saturated rings. The third-order valence-electron chi connectivity index (χ3n) is 30.9. The SMILES string of the molecule is CC.CC.CC.CC.CC.CC1(C)c2ccccc2-c2c1ccc1ccccc21.Cc1ccccc1.Cc1ccccc1.Cc1ccccc1.c1ccc2c(c1)-c1ccccc1C21c2ccccc2-c2ccccc21.c1ccc2c(c1)-c1ccccc1C21c2ccccc2-c2ccccc21.c1ccc2c(c1)-c1ccccc1C21c2ccccc2-c2ccccc21.c1ccc2c(c1)-c1ccccc1C21c2ccccc2-c2ccccc21. The lowest BCUT2D eigenvalue weighted by Crippen LogP contribution is -2.25. The fourth-order valence-corrected chi connectivity index (χ4v) is 25.3. The van der Waals surface area contributed by atoms with Crippen LogP contribution in [0.5, 0.6) is 0 Å². The van der Waals surface area contributed by atoms with E-state index in [4.69, 9.17) is 0 Å². The molecule has 0 atom stereocenters. The predicted molar refractivity (Wildman–Crippen MR) is 643 cm³/mol. The molecule has 150 heavy (non-hydrogen) atoms. The van der Waals surface area contributed by atoms with Gasteiger partial charge in [0, 0.05) is 5.41 Å². The first-order valence-corrected chi connectivity index (χ1v) is 54.3. The Kier molecular flexibility index (Phi) is 30.4. The zero-order valence-electron chi connectivity index (χ0n) is 89.4. The van der Waals surface area contributed by atoms with E-state index in [-0.39, 0.29) is 27.1 Å². The van der Waals surface area contributed by atoms with Crippen LogP contribution in [0.4, 0.5) is 0 Å². The first-order chi connectivity index (χ1) is 74.1. The van der Waals surface area contributed by atoms with Gasteiger partial charge in [0.1, 0.15) is 0 Å². The van der Waals surface area contributed by atoms with Crippen molar-refractivity contribution in [1.29, 1.82) is 0 Å². The Hall–Kier alpha value is -16.9. The zero-order valence-corrected chi connectivity index (χ0v) is 89.4. The van der Waals surface area contributed by atoms with Gasteiger partial charge in [0.15, 0.2) is 0 Å². The van der Waals surface area contributed by atoms with Gasteiger partial charge in [-0.1, -0.05) is 640 Å². The molecule has 0 radical (unpaired) electrons. The average molecular weight is 1940 g/mol. The Morgan fingerprint density at radius 1 is 0.113 bits per heavy atom. The third-order valence-corrected chi connectivity index (χ3v) is 30.9. The quantitative estimate of drug-likeness (QED) is 0.142. The van der Waals surface area contributed by atoms with E-state index in [2.05, 4.69) is 520 Å². The summed E-state index contributed by atoms with van der Waals surface area (Å²) in [4.78, 5) is 0. The molecule has 0 aromatic heterocycles. The van der Waals surface area contributed by atoms with E-state index in [1.165, 1.54) is 228 Å². The van der Waals surface area contributed by atoms with Crippen molar-refractivity contribution in [3.63, 3.8) is 0 Å². The molecule has 0 bridgehead atoms. The Bertz CT molecular complexity index is 6930. The molecule has 22 aromatic rings. The summed E-state index contributed by atoms with van der Waals surface area (Å²) in [5.74, 6) is 0. The first-order valence-electron chi connectivity index (χ1n) is 54.3. The summed E-state index contributed by atoms with van der Waals surface area (Å²) < 4.78 is 0. The van der Waals surface area contributed by atoms with Crippen LogP contribution >= 0.6 is 0 Å². The molecule has 9 aliphatic rings. The van der Waals surface area contributed by atoms with Gasteiger partial charge in [-0.25, -0.2) is 0 Å². The van der Waals surface area contributed by atoms with Crippen LogP contribution in [0.1, 0.15) is 200 Å². The van der Waals surface area contributed by atoms with Crippen molar-refractivity contribution >= 4 is 10.8 Å². The second-order valence-corrected chi connectivity index (χ2v) is 38.6. The van der Waals surface area contributed by atoms with Crippen molar-refractivity contribution in [3.05, 3.63) is 657 Å².